The van der Waals surface area contributed by atoms with E-state index in [1.165, 1.54) is 6.26 Å². The van der Waals surface area contributed by atoms with Crippen molar-refractivity contribution in [2.45, 2.75) is 19.5 Å². The Morgan fingerprint density at radius 2 is 2.09 bits per heavy atom. The highest BCUT2D eigenvalue weighted by Crippen LogP contribution is 2.16. The maximum Gasteiger partial charge on any atom is 0.321 e. The molecule has 0 aliphatic rings. The average molecular weight is 336 g/mol. The van der Waals surface area contributed by atoms with Gasteiger partial charge in [-0.3, -0.25) is 10.1 Å². The number of nitrogens with one attached hydrogen (secondary N) is 3. The van der Waals surface area contributed by atoms with E-state index in [0.717, 1.165) is 5.56 Å². The maximum atomic E-state index is 11.7. The lowest BCUT2D eigenvalue weighted by Gasteiger charge is -2.14. The topological polar surface area (TPSA) is 83.4 Å². The molecule has 1 aromatic heterocycles. The Balaban J connectivity index is 1.71. The first-order valence-electron chi connectivity index (χ1n) is 7.13. The monoisotopic (exact) mass is 335 g/mol. The highest BCUT2D eigenvalue weighted by atomic mass is 35.5. The third kappa shape index (κ3) is 5.77. The SMILES string of the molecule is C[C@H](NCC(=O)NC(=O)NCc1ccco1)c1cccc(Cl)c1. The molecule has 0 fully saturated rings. The van der Waals surface area contributed by atoms with Gasteiger partial charge in [0.05, 0.1) is 19.4 Å². The molecule has 7 heteroatoms. The second-order valence-corrected chi connectivity index (χ2v) is 5.40. The van der Waals surface area contributed by atoms with Gasteiger partial charge in [0.1, 0.15) is 5.76 Å². The summed E-state index contributed by atoms with van der Waals surface area (Å²) in [7, 11) is 0. The van der Waals surface area contributed by atoms with E-state index < -0.39 is 11.9 Å². The van der Waals surface area contributed by atoms with Crippen molar-refractivity contribution < 1.29 is 14.0 Å². The fourth-order valence-corrected chi connectivity index (χ4v) is 2.13. The molecule has 0 bridgehead atoms. The average Bonchev–Trinajstić information content (AvgIpc) is 3.04. The van der Waals surface area contributed by atoms with Crippen molar-refractivity contribution in [3.05, 3.63) is 59.0 Å². The van der Waals surface area contributed by atoms with Crippen LogP contribution in [0, 0.1) is 0 Å². The minimum atomic E-state index is -0.566. The zero-order chi connectivity index (χ0) is 16.7. The Morgan fingerprint density at radius 1 is 1.26 bits per heavy atom. The molecule has 1 atom stereocenters. The first-order valence-corrected chi connectivity index (χ1v) is 7.51. The van der Waals surface area contributed by atoms with Crippen molar-refractivity contribution in [2.75, 3.05) is 6.54 Å². The van der Waals surface area contributed by atoms with Gasteiger partial charge in [-0.1, -0.05) is 23.7 Å². The zero-order valence-corrected chi connectivity index (χ0v) is 13.4. The number of hydrogen-bond donors (Lipinski definition) is 3. The number of urea groups is 1. The van der Waals surface area contributed by atoms with Crippen molar-refractivity contribution >= 4 is 23.5 Å². The lowest BCUT2D eigenvalue weighted by molar-refractivity contribution is -0.119. The molecule has 1 heterocycles. The molecule has 23 heavy (non-hydrogen) atoms. The Hall–Kier alpha value is -2.31. The first-order chi connectivity index (χ1) is 11.0. The van der Waals surface area contributed by atoms with Crippen LogP contribution in [0.25, 0.3) is 0 Å². The molecule has 0 unspecified atom stereocenters. The summed E-state index contributed by atoms with van der Waals surface area (Å²) in [6.45, 7) is 2.15. The minimum absolute atomic E-state index is 0.0157. The van der Waals surface area contributed by atoms with E-state index in [9.17, 15) is 9.59 Å². The van der Waals surface area contributed by atoms with Crippen LogP contribution in [0.3, 0.4) is 0 Å². The standard InChI is InChI=1S/C16H18ClN3O3/c1-11(12-4-2-5-13(17)8-12)18-10-15(21)20-16(22)19-9-14-6-3-7-23-14/h2-8,11,18H,9-10H2,1H3,(H2,19,20,21,22)/t11-/m0/s1. The first kappa shape index (κ1) is 17.1. The molecule has 0 saturated heterocycles. The van der Waals surface area contributed by atoms with Gasteiger partial charge in [0.25, 0.3) is 0 Å². The molecule has 6 nitrogen and oxygen atoms in total. The van der Waals surface area contributed by atoms with Crippen LogP contribution in [0.15, 0.2) is 47.1 Å². The molecule has 0 spiro atoms. The molecule has 3 N–H and O–H groups in total. The van der Waals surface area contributed by atoms with Crippen molar-refractivity contribution in [3.63, 3.8) is 0 Å². The molecule has 0 aliphatic carbocycles. The molecule has 3 amide bonds. The van der Waals surface area contributed by atoms with E-state index in [1.54, 1.807) is 18.2 Å². The summed E-state index contributed by atoms with van der Waals surface area (Å²) in [5.41, 5.74) is 0.965. The Bertz CT molecular complexity index is 658. The van der Waals surface area contributed by atoms with Crippen molar-refractivity contribution in [1.82, 2.24) is 16.0 Å². The molecule has 2 rings (SSSR count). The number of carbonyl (C=O) groups excluding carboxylic acids is 2. The van der Waals surface area contributed by atoms with Crippen LogP contribution in [0.1, 0.15) is 24.3 Å². The van der Waals surface area contributed by atoms with Crippen LogP contribution < -0.4 is 16.0 Å². The number of benzene rings is 1. The molecular weight excluding hydrogens is 318 g/mol. The molecule has 1 aromatic carbocycles. The number of furan rings is 1. The lowest BCUT2D eigenvalue weighted by atomic mass is 10.1. The molecule has 0 radical (unpaired) electrons. The molecule has 0 saturated carbocycles. The summed E-state index contributed by atoms with van der Waals surface area (Å²) < 4.78 is 5.08. The van der Waals surface area contributed by atoms with Crippen molar-refractivity contribution in [3.8, 4) is 0 Å². The highest BCUT2D eigenvalue weighted by Gasteiger charge is 2.11. The van der Waals surface area contributed by atoms with Gasteiger partial charge in [-0.25, -0.2) is 4.79 Å². The van der Waals surface area contributed by atoms with Crippen molar-refractivity contribution in [1.29, 1.82) is 0 Å². The van der Waals surface area contributed by atoms with Crippen LogP contribution in [0.5, 0.6) is 0 Å². The van der Waals surface area contributed by atoms with Crippen LogP contribution >= 0.6 is 11.6 Å². The van der Waals surface area contributed by atoms with E-state index in [-0.39, 0.29) is 19.1 Å². The maximum absolute atomic E-state index is 11.7. The predicted octanol–water partition coefficient (Wildman–Crippen LogP) is 2.61. The van der Waals surface area contributed by atoms with Gasteiger partial charge < -0.3 is 15.1 Å². The van der Waals surface area contributed by atoms with Gasteiger partial charge in [0, 0.05) is 11.1 Å². The largest absolute Gasteiger partial charge is 0.467 e. The number of rotatable bonds is 6. The Labute approximate surface area is 139 Å². The van der Waals surface area contributed by atoms with E-state index in [1.807, 2.05) is 25.1 Å². The number of halogens is 1. The van der Waals surface area contributed by atoms with Gasteiger partial charge in [0.15, 0.2) is 0 Å². The van der Waals surface area contributed by atoms with Gasteiger partial charge >= 0.3 is 6.03 Å². The highest BCUT2D eigenvalue weighted by molar-refractivity contribution is 6.30. The Morgan fingerprint density at radius 3 is 2.78 bits per heavy atom. The summed E-state index contributed by atoms with van der Waals surface area (Å²) in [6, 6.07) is 10.2. The zero-order valence-electron chi connectivity index (χ0n) is 12.6. The Kier molecular flexibility index (Phi) is 6.19. The quantitative estimate of drug-likeness (QED) is 0.757. The summed E-state index contributed by atoms with van der Waals surface area (Å²) in [5.74, 6) is 0.191. The molecular formula is C16H18ClN3O3. The molecule has 0 aliphatic heterocycles. The van der Waals surface area contributed by atoms with Crippen molar-refractivity contribution in [2.24, 2.45) is 0 Å². The van der Waals surface area contributed by atoms with Gasteiger partial charge in [-0.2, -0.15) is 0 Å². The molecule has 122 valence electrons. The molecule has 2 aromatic rings. The van der Waals surface area contributed by atoms with Crippen LogP contribution in [-0.2, 0) is 11.3 Å². The summed E-state index contributed by atoms with van der Waals surface area (Å²) in [4.78, 5) is 23.3. The second kappa shape index (κ2) is 8.36. The van der Waals surface area contributed by atoms with Crippen LogP contribution in [-0.4, -0.2) is 18.5 Å². The normalized spacial score (nSPS) is 11.7. The number of amides is 3. The second-order valence-electron chi connectivity index (χ2n) is 4.97. The predicted molar refractivity (Wildman–Crippen MR) is 87.0 cm³/mol. The lowest BCUT2D eigenvalue weighted by Crippen LogP contribution is -2.43. The number of imide groups is 1. The van der Waals surface area contributed by atoms with Gasteiger partial charge in [-0.05, 0) is 36.8 Å². The van der Waals surface area contributed by atoms with E-state index in [4.69, 9.17) is 16.0 Å². The fourth-order valence-electron chi connectivity index (χ4n) is 1.94. The summed E-state index contributed by atoms with van der Waals surface area (Å²) >= 11 is 5.93. The van der Waals surface area contributed by atoms with Crippen LogP contribution in [0.4, 0.5) is 4.79 Å². The van der Waals surface area contributed by atoms with E-state index >= 15 is 0 Å². The minimum Gasteiger partial charge on any atom is -0.467 e. The van der Waals surface area contributed by atoms with Crippen LogP contribution in [0.2, 0.25) is 5.02 Å². The van der Waals surface area contributed by atoms with Gasteiger partial charge in [-0.15, -0.1) is 0 Å². The number of carbonyl (C=O) groups is 2. The summed E-state index contributed by atoms with van der Waals surface area (Å²) in [6.07, 6.45) is 1.52. The third-order valence-electron chi connectivity index (χ3n) is 3.17. The third-order valence-corrected chi connectivity index (χ3v) is 3.41. The van der Waals surface area contributed by atoms with Gasteiger partial charge in [0.2, 0.25) is 5.91 Å². The smallest absolute Gasteiger partial charge is 0.321 e. The van der Waals surface area contributed by atoms with E-state index in [0.29, 0.717) is 10.8 Å². The fraction of sp³-hybridized carbons (Fsp3) is 0.250. The van der Waals surface area contributed by atoms with E-state index in [2.05, 4.69) is 16.0 Å². The number of hydrogen-bond acceptors (Lipinski definition) is 4. The summed E-state index contributed by atoms with van der Waals surface area (Å²) in [5, 5.41) is 8.44.